The van der Waals surface area contributed by atoms with Crippen LogP contribution >= 0.6 is 0 Å². The molecule has 10 heteroatoms. The van der Waals surface area contributed by atoms with Gasteiger partial charge in [-0.2, -0.15) is 0 Å². The fourth-order valence-corrected chi connectivity index (χ4v) is 5.31. The minimum atomic E-state index is -2.70. The molecule has 0 N–H and O–H groups in total. The summed E-state index contributed by atoms with van der Waals surface area (Å²) in [5.41, 5.74) is 4.46. The van der Waals surface area contributed by atoms with E-state index < -0.39 is 6.43 Å². The fraction of sp³-hybridized carbons (Fsp3) is 0.375. The van der Waals surface area contributed by atoms with Crippen LogP contribution in [-0.4, -0.2) is 69.7 Å². The first kappa shape index (κ1) is 29.3. The first-order valence-corrected chi connectivity index (χ1v) is 14.3. The number of alkyl halides is 2. The molecule has 4 heterocycles. The van der Waals surface area contributed by atoms with Crippen molar-refractivity contribution in [2.45, 2.75) is 40.0 Å². The normalized spacial score (nSPS) is 16.3. The number of halogens is 2. The second-order valence-electron chi connectivity index (χ2n) is 10.4. The van der Waals surface area contributed by atoms with Gasteiger partial charge in [-0.05, 0) is 51.0 Å². The molecule has 0 bridgehead atoms. The molecular weight excluding hydrogens is 538 g/mol. The van der Waals surface area contributed by atoms with E-state index in [-0.39, 0.29) is 11.7 Å². The smallest absolute Gasteiger partial charge is 0.296 e. The van der Waals surface area contributed by atoms with Crippen LogP contribution in [0.2, 0.25) is 0 Å². The highest BCUT2D eigenvalue weighted by molar-refractivity contribution is 5.94. The van der Waals surface area contributed by atoms with E-state index in [1.54, 1.807) is 37.3 Å². The van der Waals surface area contributed by atoms with Crippen LogP contribution in [0.25, 0.3) is 16.9 Å². The number of imidazole rings is 1. The van der Waals surface area contributed by atoms with Gasteiger partial charge in [-0.1, -0.05) is 48.4 Å². The summed E-state index contributed by atoms with van der Waals surface area (Å²) < 4.78 is 33.9. The number of carbonyl (C=O) groups excluding carboxylic acids is 1. The molecule has 0 unspecified atom stereocenters. The van der Waals surface area contributed by atoms with Crippen LogP contribution in [0, 0.1) is 13.8 Å². The van der Waals surface area contributed by atoms with Crippen molar-refractivity contribution in [3.8, 4) is 5.82 Å². The van der Waals surface area contributed by atoms with Crippen LogP contribution in [0.15, 0.2) is 66.2 Å². The van der Waals surface area contributed by atoms with Crippen molar-refractivity contribution in [3.05, 3.63) is 89.0 Å². The number of hydrogen-bond acceptors (Lipinski definition) is 6. The Morgan fingerprint density at radius 3 is 2.48 bits per heavy atom. The molecule has 2 aliphatic heterocycles. The number of nitrogens with zero attached hydrogens (tertiary/aromatic N) is 6. The standard InChI is InChI=1S/C17H17F2N5O.C15H19NO/c1-11-20-14(23-6-8-25-9-7-23)10-15(21-11)24-13-5-3-2-4-12(13)22-17(24)16(18)19;1-3-5-13-8-9-16(11-13)15(17)14-7-4-6-12(2)10-14/h2-5,10,16H,6-9H2,1H3;4-7,10H,3,8-9,11H2,1-2H3/b;13-5-. The topological polar surface area (TPSA) is 76.4 Å². The van der Waals surface area contributed by atoms with Crippen LogP contribution in [0.4, 0.5) is 14.6 Å². The number of rotatable bonds is 5. The monoisotopic (exact) mass is 574 g/mol. The molecule has 6 rings (SSSR count). The highest BCUT2D eigenvalue weighted by Gasteiger charge is 2.23. The molecule has 0 spiro atoms. The van der Waals surface area contributed by atoms with Crippen LogP contribution in [0.3, 0.4) is 0 Å². The number of aryl methyl sites for hydroxylation is 2. The minimum Gasteiger partial charge on any atom is -0.378 e. The lowest BCUT2D eigenvalue weighted by atomic mass is 10.1. The number of fused-ring (bicyclic) bond motifs is 1. The second kappa shape index (κ2) is 13.2. The molecular formula is C32H36F2N6O2. The summed E-state index contributed by atoms with van der Waals surface area (Å²) in [5, 5.41) is 0. The largest absolute Gasteiger partial charge is 0.378 e. The Labute approximate surface area is 244 Å². The summed E-state index contributed by atoms with van der Waals surface area (Å²) in [5.74, 6) is 1.49. The van der Waals surface area contributed by atoms with E-state index in [0.717, 1.165) is 37.1 Å². The van der Waals surface area contributed by atoms with E-state index in [2.05, 4.69) is 32.9 Å². The van der Waals surface area contributed by atoms with Crippen molar-refractivity contribution in [2.24, 2.45) is 0 Å². The number of morpholine rings is 1. The fourth-order valence-electron chi connectivity index (χ4n) is 5.31. The van der Waals surface area contributed by atoms with Gasteiger partial charge in [0.05, 0.1) is 24.2 Å². The molecule has 220 valence electrons. The predicted molar refractivity (Wildman–Crippen MR) is 159 cm³/mol. The van der Waals surface area contributed by atoms with Gasteiger partial charge < -0.3 is 14.5 Å². The van der Waals surface area contributed by atoms with Gasteiger partial charge in [-0.15, -0.1) is 0 Å². The van der Waals surface area contributed by atoms with E-state index in [4.69, 9.17) is 4.74 Å². The zero-order valence-corrected chi connectivity index (χ0v) is 24.3. The van der Waals surface area contributed by atoms with Crippen molar-refractivity contribution in [3.63, 3.8) is 0 Å². The van der Waals surface area contributed by atoms with E-state index in [1.165, 1.54) is 10.1 Å². The number of ether oxygens (including phenoxy) is 1. The third kappa shape index (κ3) is 6.65. The molecule has 0 atom stereocenters. The molecule has 4 aromatic rings. The van der Waals surface area contributed by atoms with Gasteiger partial charge in [0, 0.05) is 37.8 Å². The van der Waals surface area contributed by atoms with E-state index in [0.29, 0.717) is 54.8 Å². The predicted octanol–water partition coefficient (Wildman–Crippen LogP) is 6.08. The Bertz CT molecular complexity index is 1580. The van der Waals surface area contributed by atoms with Gasteiger partial charge >= 0.3 is 0 Å². The second-order valence-corrected chi connectivity index (χ2v) is 10.4. The molecule has 42 heavy (non-hydrogen) atoms. The summed E-state index contributed by atoms with van der Waals surface area (Å²) in [6.45, 7) is 10.2. The molecule has 2 aliphatic rings. The Balaban J connectivity index is 0.000000181. The number of aromatic nitrogens is 4. The Kier molecular flexibility index (Phi) is 9.22. The molecule has 2 saturated heterocycles. The van der Waals surface area contributed by atoms with Gasteiger partial charge in [0.25, 0.3) is 12.3 Å². The molecule has 1 amide bonds. The van der Waals surface area contributed by atoms with Gasteiger partial charge in [-0.3, -0.25) is 9.36 Å². The number of amides is 1. The highest BCUT2D eigenvalue weighted by atomic mass is 19.3. The lowest BCUT2D eigenvalue weighted by Crippen LogP contribution is -2.37. The van der Waals surface area contributed by atoms with Gasteiger partial charge in [0.15, 0.2) is 5.82 Å². The molecule has 0 saturated carbocycles. The third-order valence-electron chi connectivity index (χ3n) is 7.30. The Morgan fingerprint density at radius 1 is 0.976 bits per heavy atom. The van der Waals surface area contributed by atoms with Crippen LogP contribution < -0.4 is 4.90 Å². The zero-order valence-electron chi connectivity index (χ0n) is 24.3. The summed E-state index contributed by atoms with van der Waals surface area (Å²) in [4.78, 5) is 29.2. The van der Waals surface area contributed by atoms with Crippen molar-refractivity contribution in [1.29, 1.82) is 0 Å². The van der Waals surface area contributed by atoms with Gasteiger partial charge in [-0.25, -0.2) is 23.7 Å². The SMILES string of the molecule is CC/C=C1/CCN(C(=O)c2cccc(C)c2)C1.Cc1nc(N2CCOCC2)cc(-n2c(C(F)F)nc3ccccc32)n1. The van der Waals surface area contributed by atoms with Crippen LogP contribution in [0.1, 0.15) is 53.8 Å². The lowest BCUT2D eigenvalue weighted by Gasteiger charge is -2.28. The summed E-state index contributed by atoms with van der Waals surface area (Å²) in [6, 6.07) is 16.6. The maximum atomic E-state index is 13.6. The quantitative estimate of drug-likeness (QED) is 0.269. The summed E-state index contributed by atoms with van der Waals surface area (Å²) >= 11 is 0. The summed E-state index contributed by atoms with van der Waals surface area (Å²) in [6.07, 6.45) is 1.63. The maximum Gasteiger partial charge on any atom is 0.296 e. The zero-order chi connectivity index (χ0) is 29.6. The van der Waals surface area contributed by atoms with E-state index in [1.807, 2.05) is 36.1 Å². The number of para-hydroxylation sites is 2. The van der Waals surface area contributed by atoms with E-state index in [9.17, 15) is 13.6 Å². The van der Waals surface area contributed by atoms with Gasteiger partial charge in [0.2, 0.25) is 0 Å². The van der Waals surface area contributed by atoms with Crippen molar-refractivity contribution in [2.75, 3.05) is 44.3 Å². The molecule has 2 aromatic carbocycles. The molecule has 8 nitrogen and oxygen atoms in total. The number of anilines is 1. The Morgan fingerprint density at radius 2 is 1.74 bits per heavy atom. The number of likely N-dealkylation sites (tertiary alicyclic amines) is 1. The van der Waals surface area contributed by atoms with Crippen molar-refractivity contribution < 1.29 is 18.3 Å². The minimum absolute atomic E-state index is 0.160. The first-order chi connectivity index (χ1) is 20.3. The number of benzene rings is 2. The van der Waals surface area contributed by atoms with Crippen LogP contribution in [-0.2, 0) is 4.74 Å². The maximum absolute atomic E-state index is 13.6. The lowest BCUT2D eigenvalue weighted by molar-refractivity contribution is 0.0796. The van der Waals surface area contributed by atoms with Gasteiger partial charge in [0.1, 0.15) is 17.5 Å². The van der Waals surface area contributed by atoms with Crippen molar-refractivity contribution in [1.82, 2.24) is 24.4 Å². The molecule has 0 radical (unpaired) electrons. The first-order valence-electron chi connectivity index (χ1n) is 14.3. The average Bonchev–Trinajstić information content (AvgIpc) is 3.63. The van der Waals surface area contributed by atoms with Crippen molar-refractivity contribution >= 4 is 22.8 Å². The molecule has 2 fully saturated rings. The molecule has 0 aliphatic carbocycles. The van der Waals surface area contributed by atoms with Crippen LogP contribution in [0.5, 0.6) is 0 Å². The average molecular weight is 575 g/mol. The third-order valence-corrected chi connectivity index (χ3v) is 7.30. The number of carbonyl (C=O) groups is 1. The number of allylic oxidation sites excluding steroid dienone is 1. The summed E-state index contributed by atoms with van der Waals surface area (Å²) in [7, 11) is 0. The highest BCUT2D eigenvalue weighted by Crippen LogP contribution is 2.28. The molecule has 2 aromatic heterocycles. The number of hydrogen-bond donors (Lipinski definition) is 0. The van der Waals surface area contributed by atoms with E-state index >= 15 is 0 Å². The Hall–Kier alpha value is -4.18.